The number of likely N-dealkylation sites (N-methyl/N-ethyl adjacent to an activating group) is 1. The lowest BCUT2D eigenvalue weighted by molar-refractivity contribution is 0.0963. The van der Waals surface area contributed by atoms with Gasteiger partial charge in [0, 0.05) is 19.2 Å². The van der Waals surface area contributed by atoms with Gasteiger partial charge in [-0.25, -0.2) is 4.98 Å². The van der Waals surface area contributed by atoms with Crippen molar-refractivity contribution < 1.29 is 4.79 Å². The van der Waals surface area contributed by atoms with Crippen molar-refractivity contribution in [2.75, 3.05) is 13.6 Å². The average Bonchev–Trinajstić information content (AvgIpc) is 3.08. The monoisotopic (exact) mass is 370 g/mol. The molecule has 2 aromatic carbocycles. The lowest BCUT2D eigenvalue weighted by Gasteiger charge is -2.24. The van der Waals surface area contributed by atoms with Crippen LogP contribution in [0, 0.1) is 11.3 Å². The summed E-state index contributed by atoms with van der Waals surface area (Å²) in [5.41, 5.74) is 4.81. The van der Waals surface area contributed by atoms with E-state index < -0.39 is 5.92 Å². The zero-order chi connectivity index (χ0) is 19.7. The number of para-hydroxylation sites is 2. The fraction of sp³-hybridized carbons (Fsp3) is 0.261. The predicted molar refractivity (Wildman–Crippen MR) is 109 cm³/mol. The number of aryl methyl sites for hydroxylation is 1. The highest BCUT2D eigenvalue weighted by atomic mass is 16.2. The third-order valence-electron chi connectivity index (χ3n) is 5.21. The van der Waals surface area contributed by atoms with Gasteiger partial charge in [0.25, 0.3) is 5.91 Å². The molecule has 28 heavy (non-hydrogen) atoms. The SMILES string of the molecule is CCc1ccc(CN(C)CC2=CC(=O)n3c(nc4ccccc43)C2C#N)cc1. The molecular weight excluding hydrogens is 348 g/mol. The lowest BCUT2D eigenvalue weighted by Crippen LogP contribution is -2.28. The van der Waals surface area contributed by atoms with E-state index in [2.05, 4.69) is 47.1 Å². The van der Waals surface area contributed by atoms with Gasteiger partial charge in [-0.1, -0.05) is 43.3 Å². The third kappa shape index (κ3) is 3.23. The molecule has 0 saturated heterocycles. The lowest BCUT2D eigenvalue weighted by atomic mass is 9.95. The average molecular weight is 370 g/mol. The minimum absolute atomic E-state index is 0.133. The molecule has 0 radical (unpaired) electrons. The number of hydrogen-bond donors (Lipinski definition) is 0. The zero-order valence-corrected chi connectivity index (χ0v) is 16.1. The number of carbonyl (C=O) groups is 1. The molecule has 0 N–H and O–H groups in total. The molecule has 140 valence electrons. The second-order valence-electron chi connectivity index (χ2n) is 7.26. The Labute approximate surface area is 164 Å². The minimum Gasteiger partial charge on any atom is -0.298 e. The van der Waals surface area contributed by atoms with Gasteiger partial charge in [-0.15, -0.1) is 0 Å². The largest absolute Gasteiger partial charge is 0.298 e. The molecule has 4 rings (SSSR count). The van der Waals surface area contributed by atoms with Gasteiger partial charge >= 0.3 is 0 Å². The Morgan fingerprint density at radius 1 is 1.11 bits per heavy atom. The number of rotatable bonds is 5. The Kier molecular flexibility index (Phi) is 4.81. The standard InChI is InChI=1S/C23H22N4O/c1-3-16-8-10-17(11-9-16)14-26(2)15-18-12-22(28)27-21-7-5-4-6-20(21)25-23(27)19(18)13-24/h4-12,19H,3,14-15H2,1-2H3. The Balaban J connectivity index is 1.57. The van der Waals surface area contributed by atoms with Gasteiger partial charge in [0.2, 0.25) is 0 Å². The van der Waals surface area contributed by atoms with E-state index in [4.69, 9.17) is 0 Å². The summed E-state index contributed by atoms with van der Waals surface area (Å²) in [5, 5.41) is 9.81. The normalized spacial score (nSPS) is 16.1. The van der Waals surface area contributed by atoms with Gasteiger partial charge in [-0.3, -0.25) is 14.3 Å². The molecule has 0 aliphatic carbocycles. The number of hydrogen-bond acceptors (Lipinski definition) is 4. The summed E-state index contributed by atoms with van der Waals surface area (Å²) in [6.45, 7) is 3.44. The van der Waals surface area contributed by atoms with Crippen molar-refractivity contribution in [3.63, 3.8) is 0 Å². The molecule has 3 aromatic rings. The van der Waals surface area contributed by atoms with Gasteiger partial charge in [-0.2, -0.15) is 5.26 Å². The summed E-state index contributed by atoms with van der Waals surface area (Å²) in [4.78, 5) is 19.5. The van der Waals surface area contributed by atoms with Gasteiger partial charge in [0.05, 0.1) is 17.1 Å². The van der Waals surface area contributed by atoms with Crippen molar-refractivity contribution in [3.05, 3.63) is 77.1 Å². The number of imidazole rings is 1. The molecule has 0 amide bonds. The second-order valence-corrected chi connectivity index (χ2v) is 7.26. The maximum atomic E-state index is 12.8. The van der Waals surface area contributed by atoms with Crippen LogP contribution in [-0.2, 0) is 13.0 Å². The molecule has 1 unspecified atom stereocenters. The number of aromatic nitrogens is 2. The second kappa shape index (κ2) is 7.41. The van der Waals surface area contributed by atoms with E-state index in [0.29, 0.717) is 12.4 Å². The van der Waals surface area contributed by atoms with Gasteiger partial charge < -0.3 is 0 Å². The number of benzene rings is 2. The molecule has 0 fully saturated rings. The Hall–Kier alpha value is -3.23. The van der Waals surface area contributed by atoms with Crippen LogP contribution in [0.15, 0.2) is 60.2 Å². The van der Waals surface area contributed by atoms with E-state index in [1.807, 2.05) is 31.3 Å². The summed E-state index contributed by atoms with van der Waals surface area (Å²) in [6, 6.07) is 18.4. The van der Waals surface area contributed by atoms with Crippen LogP contribution in [-0.4, -0.2) is 34.0 Å². The number of nitriles is 1. The van der Waals surface area contributed by atoms with Crippen molar-refractivity contribution in [3.8, 4) is 6.07 Å². The summed E-state index contributed by atoms with van der Waals surface area (Å²) in [5.74, 6) is -0.132. The number of nitrogens with zero attached hydrogens (tertiary/aromatic N) is 4. The molecule has 2 heterocycles. The van der Waals surface area contributed by atoms with Crippen molar-refractivity contribution in [2.24, 2.45) is 0 Å². The molecule has 1 aromatic heterocycles. The summed E-state index contributed by atoms with van der Waals surface area (Å²) in [6.07, 6.45) is 2.63. The van der Waals surface area contributed by atoms with Crippen LogP contribution in [0.5, 0.6) is 0 Å². The van der Waals surface area contributed by atoms with Crippen LogP contribution in [0.4, 0.5) is 0 Å². The first-order valence-electron chi connectivity index (χ1n) is 9.49. The van der Waals surface area contributed by atoms with Gasteiger partial charge in [-0.05, 0) is 42.3 Å². The molecule has 5 heteroatoms. The highest BCUT2D eigenvalue weighted by Crippen LogP contribution is 2.31. The fourth-order valence-corrected chi connectivity index (χ4v) is 3.78. The molecule has 1 aliphatic heterocycles. The molecule has 1 atom stereocenters. The molecule has 0 saturated carbocycles. The molecule has 5 nitrogen and oxygen atoms in total. The first-order chi connectivity index (χ1) is 13.6. The van der Waals surface area contributed by atoms with Crippen LogP contribution < -0.4 is 0 Å². The molecule has 1 aliphatic rings. The smallest absolute Gasteiger partial charge is 0.256 e. The molecular formula is C23H22N4O. The maximum Gasteiger partial charge on any atom is 0.256 e. The highest BCUT2D eigenvalue weighted by Gasteiger charge is 2.31. The van der Waals surface area contributed by atoms with Crippen molar-refractivity contribution >= 4 is 16.9 Å². The first-order valence-corrected chi connectivity index (χ1v) is 9.49. The van der Waals surface area contributed by atoms with Crippen LogP contribution in [0.25, 0.3) is 11.0 Å². The first kappa shape index (κ1) is 18.1. The quantitative estimate of drug-likeness (QED) is 0.683. The van der Waals surface area contributed by atoms with Crippen LogP contribution in [0.3, 0.4) is 0 Å². The topological polar surface area (TPSA) is 61.9 Å². The summed E-state index contributed by atoms with van der Waals surface area (Å²) < 4.78 is 1.57. The number of fused-ring (bicyclic) bond motifs is 3. The van der Waals surface area contributed by atoms with Crippen molar-refractivity contribution in [2.45, 2.75) is 25.8 Å². The van der Waals surface area contributed by atoms with E-state index in [1.54, 1.807) is 10.6 Å². The van der Waals surface area contributed by atoms with E-state index in [9.17, 15) is 10.1 Å². The van der Waals surface area contributed by atoms with E-state index in [1.165, 1.54) is 11.1 Å². The Bertz CT molecular complexity index is 1100. The highest BCUT2D eigenvalue weighted by molar-refractivity contribution is 5.99. The Morgan fingerprint density at radius 3 is 2.54 bits per heavy atom. The summed E-state index contributed by atoms with van der Waals surface area (Å²) >= 11 is 0. The molecule has 0 bridgehead atoms. The van der Waals surface area contributed by atoms with Crippen molar-refractivity contribution in [1.29, 1.82) is 5.26 Å². The maximum absolute atomic E-state index is 12.8. The van der Waals surface area contributed by atoms with Crippen LogP contribution >= 0.6 is 0 Å². The predicted octanol–water partition coefficient (Wildman–Crippen LogP) is 3.92. The number of carbonyl (C=O) groups excluding carboxylic acids is 1. The van der Waals surface area contributed by atoms with Crippen LogP contribution in [0.2, 0.25) is 0 Å². The Morgan fingerprint density at radius 2 is 1.82 bits per heavy atom. The van der Waals surface area contributed by atoms with Crippen LogP contribution in [0.1, 0.15) is 34.6 Å². The van der Waals surface area contributed by atoms with Gasteiger partial charge in [0.15, 0.2) is 0 Å². The van der Waals surface area contributed by atoms with E-state index in [-0.39, 0.29) is 5.91 Å². The fourth-order valence-electron chi connectivity index (χ4n) is 3.78. The van der Waals surface area contributed by atoms with E-state index >= 15 is 0 Å². The number of allylic oxidation sites excluding steroid dienone is 1. The minimum atomic E-state index is -0.519. The summed E-state index contributed by atoms with van der Waals surface area (Å²) in [7, 11) is 2.01. The van der Waals surface area contributed by atoms with E-state index in [0.717, 1.165) is 29.6 Å². The zero-order valence-electron chi connectivity index (χ0n) is 16.1. The van der Waals surface area contributed by atoms with Crippen molar-refractivity contribution in [1.82, 2.24) is 14.5 Å². The molecule has 0 spiro atoms. The van der Waals surface area contributed by atoms with Gasteiger partial charge in [0.1, 0.15) is 11.7 Å². The third-order valence-corrected chi connectivity index (χ3v) is 5.21.